The summed E-state index contributed by atoms with van der Waals surface area (Å²) in [5.74, 6) is 1.88. The molecule has 0 bridgehead atoms. The first-order valence-electron chi connectivity index (χ1n) is 6.03. The molecule has 0 saturated carbocycles. The first kappa shape index (κ1) is 9.75. The predicted octanol–water partition coefficient (Wildman–Crippen LogP) is 1.87. The van der Waals surface area contributed by atoms with Gasteiger partial charge in [0.05, 0.1) is 5.69 Å². The molecule has 0 radical (unpaired) electrons. The minimum atomic E-state index is 0.859. The number of aromatic nitrogens is 4. The minimum Gasteiger partial charge on any atom is -0.218 e. The Morgan fingerprint density at radius 2 is 2.00 bits per heavy atom. The monoisotopic (exact) mass is 216 g/mol. The van der Waals surface area contributed by atoms with Gasteiger partial charge in [-0.2, -0.15) is 5.10 Å². The second-order valence-corrected chi connectivity index (χ2v) is 4.41. The number of aryl methyl sites for hydroxylation is 4. The molecule has 2 aromatic heterocycles. The van der Waals surface area contributed by atoms with Crippen molar-refractivity contribution in [1.29, 1.82) is 0 Å². The summed E-state index contributed by atoms with van der Waals surface area (Å²) in [6.07, 6.45) is 5.64. The van der Waals surface area contributed by atoms with Gasteiger partial charge in [0.2, 0.25) is 0 Å². The molecule has 16 heavy (non-hydrogen) atoms. The van der Waals surface area contributed by atoms with Crippen molar-refractivity contribution in [3.8, 4) is 0 Å². The van der Waals surface area contributed by atoms with Gasteiger partial charge in [-0.3, -0.25) is 0 Å². The minimum absolute atomic E-state index is 0.859. The zero-order valence-electron chi connectivity index (χ0n) is 9.82. The van der Waals surface area contributed by atoms with Crippen LogP contribution in [-0.2, 0) is 19.3 Å². The van der Waals surface area contributed by atoms with Crippen LogP contribution in [-0.4, -0.2) is 19.6 Å². The molecule has 0 N–H and O–H groups in total. The first-order chi connectivity index (χ1) is 7.79. The van der Waals surface area contributed by atoms with Crippen molar-refractivity contribution in [3.63, 3.8) is 0 Å². The highest BCUT2D eigenvalue weighted by atomic mass is 15.3. The smallest absolute Gasteiger partial charge is 0.162 e. The van der Waals surface area contributed by atoms with Gasteiger partial charge in [0.25, 0.3) is 0 Å². The summed E-state index contributed by atoms with van der Waals surface area (Å²) in [4.78, 5) is 9.00. The average Bonchev–Trinajstić information content (AvgIpc) is 2.67. The molecule has 0 fully saturated rings. The molecule has 0 unspecified atom stereocenters. The topological polar surface area (TPSA) is 43.1 Å². The van der Waals surface area contributed by atoms with Gasteiger partial charge >= 0.3 is 0 Å². The van der Waals surface area contributed by atoms with Crippen LogP contribution in [0.25, 0.3) is 5.65 Å². The standard InChI is InChI=1S/C12H16N4/c1-3-11-13-8(2)14-12-9-6-4-5-7-10(9)15-16(11)12/h3-7H2,1-2H3. The summed E-state index contributed by atoms with van der Waals surface area (Å²) >= 11 is 0. The second kappa shape index (κ2) is 3.54. The molecule has 4 heteroatoms. The third kappa shape index (κ3) is 1.32. The van der Waals surface area contributed by atoms with Gasteiger partial charge in [0.1, 0.15) is 11.6 Å². The predicted molar refractivity (Wildman–Crippen MR) is 61.5 cm³/mol. The van der Waals surface area contributed by atoms with E-state index < -0.39 is 0 Å². The Labute approximate surface area is 94.7 Å². The molecule has 1 aliphatic rings. The number of nitrogens with zero attached hydrogens (tertiary/aromatic N) is 4. The molecule has 0 saturated heterocycles. The van der Waals surface area contributed by atoms with Crippen molar-refractivity contribution in [2.75, 3.05) is 0 Å². The Kier molecular flexibility index (Phi) is 2.16. The summed E-state index contributed by atoms with van der Waals surface area (Å²) in [7, 11) is 0. The number of rotatable bonds is 1. The van der Waals surface area contributed by atoms with E-state index >= 15 is 0 Å². The quantitative estimate of drug-likeness (QED) is 0.731. The zero-order valence-corrected chi connectivity index (χ0v) is 9.82. The number of fused-ring (bicyclic) bond motifs is 3. The van der Waals surface area contributed by atoms with Gasteiger partial charge in [0, 0.05) is 12.0 Å². The number of hydrogen-bond acceptors (Lipinski definition) is 3. The van der Waals surface area contributed by atoms with Gasteiger partial charge < -0.3 is 0 Å². The highest BCUT2D eigenvalue weighted by Gasteiger charge is 2.19. The van der Waals surface area contributed by atoms with E-state index in [1.165, 1.54) is 24.1 Å². The van der Waals surface area contributed by atoms with E-state index in [0.717, 1.165) is 36.6 Å². The van der Waals surface area contributed by atoms with Crippen LogP contribution in [0.15, 0.2) is 0 Å². The van der Waals surface area contributed by atoms with Crippen molar-refractivity contribution >= 4 is 5.65 Å². The molecule has 3 rings (SSSR count). The fourth-order valence-corrected chi connectivity index (χ4v) is 2.47. The lowest BCUT2D eigenvalue weighted by atomic mass is 9.98. The van der Waals surface area contributed by atoms with Gasteiger partial charge in [-0.25, -0.2) is 14.5 Å². The van der Waals surface area contributed by atoms with Crippen molar-refractivity contribution in [2.45, 2.75) is 46.0 Å². The highest BCUT2D eigenvalue weighted by Crippen LogP contribution is 2.24. The number of hydrogen-bond donors (Lipinski definition) is 0. The Morgan fingerprint density at radius 3 is 2.81 bits per heavy atom. The summed E-state index contributed by atoms with van der Waals surface area (Å²) in [6, 6.07) is 0. The van der Waals surface area contributed by atoms with E-state index in [4.69, 9.17) is 0 Å². The molecule has 0 amide bonds. The van der Waals surface area contributed by atoms with E-state index in [-0.39, 0.29) is 0 Å². The maximum Gasteiger partial charge on any atom is 0.162 e. The molecule has 84 valence electrons. The molecular weight excluding hydrogens is 200 g/mol. The Balaban J connectivity index is 2.33. The molecular formula is C12H16N4. The van der Waals surface area contributed by atoms with Crippen LogP contribution in [0.1, 0.15) is 42.7 Å². The lowest BCUT2D eigenvalue weighted by Crippen LogP contribution is -2.05. The molecule has 0 spiro atoms. The normalized spacial score (nSPS) is 15.4. The van der Waals surface area contributed by atoms with Crippen LogP contribution in [0, 0.1) is 6.92 Å². The van der Waals surface area contributed by atoms with E-state index in [2.05, 4.69) is 22.0 Å². The van der Waals surface area contributed by atoms with Gasteiger partial charge in [-0.15, -0.1) is 0 Å². The Morgan fingerprint density at radius 1 is 1.19 bits per heavy atom. The molecule has 2 heterocycles. The van der Waals surface area contributed by atoms with E-state index in [1.54, 1.807) is 0 Å². The first-order valence-corrected chi connectivity index (χ1v) is 6.03. The summed E-state index contributed by atoms with van der Waals surface area (Å²) in [5, 5.41) is 4.66. The van der Waals surface area contributed by atoms with Crippen molar-refractivity contribution in [1.82, 2.24) is 19.6 Å². The highest BCUT2D eigenvalue weighted by molar-refractivity contribution is 5.51. The molecule has 2 aromatic rings. The maximum atomic E-state index is 4.66. The van der Waals surface area contributed by atoms with Crippen molar-refractivity contribution in [3.05, 3.63) is 22.9 Å². The molecule has 4 nitrogen and oxygen atoms in total. The van der Waals surface area contributed by atoms with Crippen LogP contribution < -0.4 is 0 Å². The van der Waals surface area contributed by atoms with Crippen LogP contribution in [0.5, 0.6) is 0 Å². The fourth-order valence-electron chi connectivity index (χ4n) is 2.47. The average molecular weight is 216 g/mol. The largest absolute Gasteiger partial charge is 0.218 e. The fraction of sp³-hybridized carbons (Fsp3) is 0.583. The zero-order chi connectivity index (χ0) is 11.1. The van der Waals surface area contributed by atoms with Gasteiger partial charge in [-0.05, 0) is 32.6 Å². The second-order valence-electron chi connectivity index (χ2n) is 4.41. The molecule has 1 aliphatic carbocycles. The van der Waals surface area contributed by atoms with E-state index in [1.807, 2.05) is 11.4 Å². The van der Waals surface area contributed by atoms with E-state index in [0.29, 0.717) is 0 Å². The van der Waals surface area contributed by atoms with Gasteiger partial charge in [0.15, 0.2) is 5.65 Å². The molecule has 0 atom stereocenters. The van der Waals surface area contributed by atoms with E-state index in [9.17, 15) is 0 Å². The third-order valence-corrected chi connectivity index (χ3v) is 3.25. The van der Waals surface area contributed by atoms with Crippen molar-refractivity contribution < 1.29 is 0 Å². The van der Waals surface area contributed by atoms with Gasteiger partial charge in [-0.1, -0.05) is 6.92 Å². The molecule has 0 aromatic carbocycles. The molecule has 0 aliphatic heterocycles. The maximum absolute atomic E-state index is 4.66. The summed E-state index contributed by atoms with van der Waals surface area (Å²) in [5.41, 5.74) is 3.63. The lowest BCUT2D eigenvalue weighted by molar-refractivity contribution is 0.670. The SMILES string of the molecule is CCc1nc(C)nc2c3c(nn12)CCCC3. The van der Waals surface area contributed by atoms with Crippen molar-refractivity contribution in [2.24, 2.45) is 0 Å². The lowest BCUT2D eigenvalue weighted by Gasteiger charge is -2.07. The summed E-state index contributed by atoms with van der Waals surface area (Å²) < 4.78 is 1.95. The van der Waals surface area contributed by atoms with Crippen LogP contribution in [0.4, 0.5) is 0 Å². The Hall–Kier alpha value is -1.45. The van der Waals surface area contributed by atoms with Crippen LogP contribution >= 0.6 is 0 Å². The van der Waals surface area contributed by atoms with Crippen LogP contribution in [0.3, 0.4) is 0 Å². The summed E-state index contributed by atoms with van der Waals surface area (Å²) in [6.45, 7) is 4.07. The van der Waals surface area contributed by atoms with Crippen LogP contribution in [0.2, 0.25) is 0 Å². The third-order valence-electron chi connectivity index (χ3n) is 3.25. The Bertz CT molecular complexity index is 541.